The van der Waals surface area contributed by atoms with Crippen LogP contribution in [-0.4, -0.2) is 29.8 Å². The number of amides is 1. The van der Waals surface area contributed by atoms with Gasteiger partial charge in [-0.05, 0) is 0 Å². The van der Waals surface area contributed by atoms with Crippen LogP contribution < -0.4 is 0 Å². The fraction of sp³-hybridized carbons (Fsp3) is 0.889. The molecule has 0 aliphatic carbocycles. The first-order valence-corrected chi connectivity index (χ1v) is 4.65. The maximum Gasteiger partial charge on any atom is 0.251 e. The molecule has 0 unspecified atom stereocenters. The zero-order valence-electron chi connectivity index (χ0n) is 8.44. The summed E-state index contributed by atoms with van der Waals surface area (Å²) in [6.07, 6.45) is -0.376. The van der Waals surface area contributed by atoms with E-state index in [2.05, 4.69) is 0 Å². The van der Waals surface area contributed by atoms with Crippen molar-refractivity contribution in [1.29, 1.82) is 0 Å². The van der Waals surface area contributed by atoms with E-state index in [9.17, 15) is 13.6 Å². The lowest BCUT2D eigenvalue weighted by Crippen LogP contribution is -2.41. The Bertz CT molecular complexity index is 161. The third-order valence-corrected chi connectivity index (χ3v) is 1.94. The van der Waals surface area contributed by atoms with Crippen molar-refractivity contribution in [3.63, 3.8) is 0 Å². The molecule has 1 aliphatic heterocycles. The predicted octanol–water partition coefficient (Wildman–Crippen LogP) is 2.29. The normalized spacial score (nSPS) is 20.2. The summed E-state index contributed by atoms with van der Waals surface area (Å²) in [4.78, 5) is 12.1. The van der Waals surface area contributed by atoms with E-state index in [0.29, 0.717) is 0 Å². The molecule has 0 bridgehead atoms. The van der Waals surface area contributed by atoms with E-state index in [-0.39, 0.29) is 31.8 Å². The molecular formula is C9H17F2NO. The van der Waals surface area contributed by atoms with Gasteiger partial charge >= 0.3 is 0 Å². The van der Waals surface area contributed by atoms with Crippen LogP contribution in [0.5, 0.6) is 0 Å². The van der Waals surface area contributed by atoms with Gasteiger partial charge in [-0.25, -0.2) is 8.78 Å². The summed E-state index contributed by atoms with van der Waals surface area (Å²) in [7, 11) is 0. The van der Waals surface area contributed by atoms with Gasteiger partial charge in [0.2, 0.25) is 5.91 Å². The molecular weight excluding hydrogens is 176 g/mol. The lowest BCUT2D eigenvalue weighted by Gasteiger charge is -2.30. The van der Waals surface area contributed by atoms with Gasteiger partial charge in [0.1, 0.15) is 0 Å². The van der Waals surface area contributed by atoms with E-state index in [1.807, 2.05) is 13.8 Å². The first-order chi connectivity index (χ1) is 6.01. The lowest BCUT2D eigenvalue weighted by molar-refractivity contribution is -0.134. The topological polar surface area (TPSA) is 20.3 Å². The molecule has 78 valence electrons. The number of carbonyl (C=O) groups excluding carboxylic acids is 1. The molecule has 0 N–H and O–H groups in total. The van der Waals surface area contributed by atoms with Gasteiger partial charge in [-0.15, -0.1) is 0 Å². The highest BCUT2D eigenvalue weighted by Crippen LogP contribution is 2.27. The minimum absolute atomic E-state index is 0.111. The Kier molecular flexibility index (Phi) is 4.88. The van der Waals surface area contributed by atoms with Crippen molar-refractivity contribution in [3.05, 3.63) is 0 Å². The zero-order chi connectivity index (χ0) is 10.5. The van der Waals surface area contributed by atoms with Crippen molar-refractivity contribution in [2.75, 3.05) is 13.1 Å². The predicted molar refractivity (Wildman–Crippen MR) is 47.8 cm³/mol. The molecule has 1 fully saturated rings. The summed E-state index contributed by atoms with van der Waals surface area (Å²) in [6, 6.07) is 0. The molecule has 0 atom stereocenters. The molecule has 0 radical (unpaired) electrons. The molecule has 0 aromatic heterocycles. The third-order valence-electron chi connectivity index (χ3n) is 1.94. The minimum Gasteiger partial charge on any atom is -0.342 e. The molecule has 1 saturated heterocycles. The molecule has 0 spiro atoms. The number of alkyl halides is 2. The highest BCUT2D eigenvalue weighted by molar-refractivity contribution is 5.73. The fourth-order valence-electron chi connectivity index (χ4n) is 1.15. The van der Waals surface area contributed by atoms with E-state index < -0.39 is 5.92 Å². The molecule has 1 rings (SSSR count). The number of carbonyl (C=O) groups is 1. The smallest absolute Gasteiger partial charge is 0.251 e. The van der Waals surface area contributed by atoms with E-state index in [1.165, 1.54) is 11.8 Å². The molecule has 1 heterocycles. The van der Waals surface area contributed by atoms with Crippen molar-refractivity contribution in [2.45, 2.75) is 39.5 Å². The fourth-order valence-corrected chi connectivity index (χ4v) is 1.15. The monoisotopic (exact) mass is 193 g/mol. The Balaban J connectivity index is 0.000000671. The number of likely N-dealkylation sites (tertiary alicyclic amines) is 1. The second-order valence-corrected chi connectivity index (χ2v) is 2.86. The van der Waals surface area contributed by atoms with Crippen LogP contribution in [0.25, 0.3) is 0 Å². The number of halogens is 2. The third kappa shape index (κ3) is 4.20. The molecule has 0 saturated carbocycles. The number of rotatable bonds is 0. The van der Waals surface area contributed by atoms with Crippen LogP contribution in [0.1, 0.15) is 33.6 Å². The summed E-state index contributed by atoms with van der Waals surface area (Å²) in [5.41, 5.74) is 0. The second-order valence-electron chi connectivity index (χ2n) is 2.86. The second kappa shape index (κ2) is 5.14. The number of hydrogen-bond donors (Lipinski definition) is 0. The summed E-state index contributed by atoms with van der Waals surface area (Å²) < 4.78 is 25.0. The summed E-state index contributed by atoms with van der Waals surface area (Å²) in [5.74, 6) is -2.66. The Morgan fingerprint density at radius 1 is 1.23 bits per heavy atom. The van der Waals surface area contributed by atoms with Crippen LogP contribution in [0.2, 0.25) is 0 Å². The van der Waals surface area contributed by atoms with Gasteiger partial charge in [-0.1, -0.05) is 13.8 Å². The average Bonchev–Trinajstić information content (AvgIpc) is 2.07. The molecule has 1 amide bonds. The van der Waals surface area contributed by atoms with Crippen LogP contribution in [0.3, 0.4) is 0 Å². The van der Waals surface area contributed by atoms with Crippen molar-refractivity contribution in [3.8, 4) is 0 Å². The van der Waals surface area contributed by atoms with Crippen LogP contribution >= 0.6 is 0 Å². The zero-order valence-corrected chi connectivity index (χ0v) is 8.44. The quantitative estimate of drug-likeness (QED) is 0.578. The summed E-state index contributed by atoms with van der Waals surface area (Å²) >= 11 is 0. The standard InChI is InChI=1S/C7H11F2NO.C2H6/c1-6(11)10-4-2-7(8,9)3-5-10;1-2/h2-5H2,1H3;1-2H3. The molecule has 0 aromatic rings. The van der Waals surface area contributed by atoms with Crippen molar-refractivity contribution >= 4 is 5.91 Å². The SMILES string of the molecule is CC.CC(=O)N1CCC(F)(F)CC1. The molecule has 2 nitrogen and oxygen atoms in total. The van der Waals surface area contributed by atoms with Crippen molar-refractivity contribution in [1.82, 2.24) is 4.90 Å². The molecule has 1 aliphatic rings. The van der Waals surface area contributed by atoms with E-state index in [4.69, 9.17) is 0 Å². The first kappa shape index (κ1) is 12.3. The average molecular weight is 193 g/mol. The van der Waals surface area contributed by atoms with Gasteiger partial charge in [-0.3, -0.25) is 4.79 Å². The van der Waals surface area contributed by atoms with Gasteiger partial charge < -0.3 is 4.90 Å². The van der Waals surface area contributed by atoms with Crippen LogP contribution in [0, 0.1) is 0 Å². The minimum atomic E-state index is -2.55. The Labute approximate surface area is 77.9 Å². The van der Waals surface area contributed by atoms with E-state index >= 15 is 0 Å². The van der Waals surface area contributed by atoms with Crippen molar-refractivity contribution in [2.24, 2.45) is 0 Å². The first-order valence-electron chi connectivity index (χ1n) is 4.65. The van der Waals surface area contributed by atoms with Gasteiger partial charge in [0.15, 0.2) is 0 Å². The summed E-state index contributed by atoms with van der Waals surface area (Å²) in [5, 5.41) is 0. The van der Waals surface area contributed by atoms with Gasteiger partial charge in [0.05, 0.1) is 0 Å². The number of hydrogen-bond acceptors (Lipinski definition) is 1. The van der Waals surface area contributed by atoms with Crippen molar-refractivity contribution < 1.29 is 13.6 Å². The van der Waals surface area contributed by atoms with E-state index in [1.54, 1.807) is 0 Å². The molecule has 13 heavy (non-hydrogen) atoms. The highest BCUT2D eigenvalue weighted by atomic mass is 19.3. The summed E-state index contributed by atoms with van der Waals surface area (Å²) in [6.45, 7) is 5.80. The lowest BCUT2D eigenvalue weighted by atomic mass is 10.1. The van der Waals surface area contributed by atoms with Gasteiger partial charge in [0, 0.05) is 32.9 Å². The molecule has 0 aromatic carbocycles. The number of nitrogens with zero attached hydrogens (tertiary/aromatic N) is 1. The van der Waals surface area contributed by atoms with Crippen LogP contribution in [-0.2, 0) is 4.79 Å². The Morgan fingerprint density at radius 3 is 1.92 bits per heavy atom. The maximum absolute atomic E-state index is 12.5. The van der Waals surface area contributed by atoms with E-state index in [0.717, 1.165) is 0 Å². The molecule has 4 heteroatoms. The highest BCUT2D eigenvalue weighted by Gasteiger charge is 2.34. The maximum atomic E-state index is 12.5. The Morgan fingerprint density at radius 2 is 1.62 bits per heavy atom. The van der Waals surface area contributed by atoms with Crippen LogP contribution in [0.4, 0.5) is 8.78 Å². The van der Waals surface area contributed by atoms with Gasteiger partial charge in [0.25, 0.3) is 5.92 Å². The van der Waals surface area contributed by atoms with Crippen LogP contribution in [0.15, 0.2) is 0 Å². The number of piperidine rings is 1. The Hall–Kier alpha value is -0.670. The largest absolute Gasteiger partial charge is 0.342 e. The van der Waals surface area contributed by atoms with Gasteiger partial charge in [-0.2, -0.15) is 0 Å².